The van der Waals surface area contributed by atoms with Gasteiger partial charge >= 0.3 is 0 Å². The molecule has 0 spiro atoms. The number of nitrogens with two attached hydrogens (primary N) is 1. The minimum absolute atomic E-state index is 0.0730. The second-order valence-corrected chi connectivity index (χ2v) is 5.77. The van der Waals surface area contributed by atoms with Gasteiger partial charge in [-0.05, 0) is 46.8 Å². The van der Waals surface area contributed by atoms with Crippen molar-refractivity contribution in [1.29, 1.82) is 0 Å². The summed E-state index contributed by atoms with van der Waals surface area (Å²) >= 11 is 1.70. The number of benzene rings is 2. The highest BCUT2D eigenvalue weighted by atomic mass is 32.1. The molecular weight excluding hydrogens is 266 g/mol. The van der Waals surface area contributed by atoms with Crippen LogP contribution in [-0.4, -0.2) is 6.54 Å². The lowest BCUT2D eigenvalue weighted by atomic mass is 10.1. The van der Waals surface area contributed by atoms with Crippen LogP contribution in [0.3, 0.4) is 0 Å². The SMILES string of the molecule is Cc1ccsc1C(CN)Oc1ccc2ccccc2c1. The average Bonchev–Trinajstić information content (AvgIpc) is 2.91. The van der Waals surface area contributed by atoms with Gasteiger partial charge in [0.2, 0.25) is 0 Å². The fraction of sp³-hybridized carbons (Fsp3) is 0.176. The zero-order valence-electron chi connectivity index (χ0n) is 11.4. The van der Waals surface area contributed by atoms with Gasteiger partial charge < -0.3 is 10.5 Å². The summed E-state index contributed by atoms with van der Waals surface area (Å²) < 4.78 is 6.08. The van der Waals surface area contributed by atoms with Crippen LogP contribution in [0.4, 0.5) is 0 Å². The smallest absolute Gasteiger partial charge is 0.145 e. The number of aryl methyl sites for hydroxylation is 1. The molecule has 20 heavy (non-hydrogen) atoms. The molecule has 1 aromatic heterocycles. The Hall–Kier alpha value is -1.84. The summed E-state index contributed by atoms with van der Waals surface area (Å²) in [6, 6.07) is 16.5. The van der Waals surface area contributed by atoms with Crippen LogP contribution >= 0.6 is 11.3 Å². The van der Waals surface area contributed by atoms with Gasteiger partial charge in [0.05, 0.1) is 0 Å². The summed E-state index contributed by atoms with van der Waals surface area (Å²) in [5, 5.41) is 4.48. The van der Waals surface area contributed by atoms with E-state index in [0.29, 0.717) is 6.54 Å². The van der Waals surface area contributed by atoms with Crippen LogP contribution in [-0.2, 0) is 0 Å². The quantitative estimate of drug-likeness (QED) is 0.775. The second-order valence-electron chi connectivity index (χ2n) is 4.82. The first-order valence-electron chi connectivity index (χ1n) is 6.67. The Labute approximate surface area is 122 Å². The maximum Gasteiger partial charge on any atom is 0.145 e. The molecule has 1 heterocycles. The Morgan fingerprint density at radius 2 is 1.90 bits per heavy atom. The van der Waals surface area contributed by atoms with Crippen LogP contribution in [0.1, 0.15) is 16.5 Å². The molecule has 2 aromatic carbocycles. The monoisotopic (exact) mass is 283 g/mol. The molecule has 1 unspecified atom stereocenters. The lowest BCUT2D eigenvalue weighted by Gasteiger charge is -2.17. The molecule has 3 rings (SSSR count). The Bertz CT molecular complexity index is 720. The zero-order chi connectivity index (χ0) is 13.9. The molecule has 102 valence electrons. The second kappa shape index (κ2) is 5.65. The van der Waals surface area contributed by atoms with Crippen molar-refractivity contribution >= 4 is 22.1 Å². The summed E-state index contributed by atoms with van der Waals surface area (Å²) in [5.41, 5.74) is 7.12. The molecule has 1 atom stereocenters. The van der Waals surface area contributed by atoms with Gasteiger partial charge in [0.1, 0.15) is 11.9 Å². The van der Waals surface area contributed by atoms with E-state index in [1.807, 2.05) is 18.2 Å². The highest BCUT2D eigenvalue weighted by molar-refractivity contribution is 7.10. The molecule has 0 aliphatic carbocycles. The highest BCUT2D eigenvalue weighted by Gasteiger charge is 2.15. The van der Waals surface area contributed by atoms with E-state index in [0.717, 1.165) is 5.75 Å². The Morgan fingerprint density at radius 3 is 2.60 bits per heavy atom. The Kier molecular flexibility index (Phi) is 3.72. The maximum absolute atomic E-state index is 6.08. The number of rotatable bonds is 4. The third-order valence-electron chi connectivity index (χ3n) is 3.41. The molecule has 0 radical (unpaired) electrons. The van der Waals surface area contributed by atoms with Crippen LogP contribution in [0.15, 0.2) is 53.9 Å². The van der Waals surface area contributed by atoms with Gasteiger partial charge in [0.15, 0.2) is 0 Å². The van der Waals surface area contributed by atoms with Crippen molar-refractivity contribution in [2.75, 3.05) is 6.54 Å². The molecule has 3 heteroatoms. The van der Waals surface area contributed by atoms with Gasteiger partial charge in [-0.2, -0.15) is 0 Å². The van der Waals surface area contributed by atoms with Crippen molar-refractivity contribution < 1.29 is 4.74 Å². The molecule has 2 nitrogen and oxygen atoms in total. The molecule has 0 amide bonds. The van der Waals surface area contributed by atoms with E-state index < -0.39 is 0 Å². The van der Waals surface area contributed by atoms with Crippen molar-refractivity contribution in [3.8, 4) is 5.75 Å². The fourth-order valence-electron chi connectivity index (χ4n) is 2.33. The van der Waals surface area contributed by atoms with E-state index in [4.69, 9.17) is 10.5 Å². The van der Waals surface area contributed by atoms with Crippen LogP contribution in [0.2, 0.25) is 0 Å². The van der Waals surface area contributed by atoms with Crippen molar-refractivity contribution in [1.82, 2.24) is 0 Å². The molecule has 0 fully saturated rings. The number of thiophene rings is 1. The van der Waals surface area contributed by atoms with Gasteiger partial charge in [0, 0.05) is 11.4 Å². The summed E-state index contributed by atoms with van der Waals surface area (Å²) in [4.78, 5) is 1.21. The van der Waals surface area contributed by atoms with Crippen LogP contribution in [0.5, 0.6) is 5.75 Å². The molecule has 0 saturated heterocycles. The van der Waals surface area contributed by atoms with E-state index in [9.17, 15) is 0 Å². The highest BCUT2D eigenvalue weighted by Crippen LogP contribution is 2.29. The molecule has 2 N–H and O–H groups in total. The number of ether oxygens (including phenoxy) is 1. The molecule has 0 aliphatic rings. The number of hydrogen-bond acceptors (Lipinski definition) is 3. The van der Waals surface area contributed by atoms with Gasteiger partial charge in [0.25, 0.3) is 0 Å². The van der Waals surface area contributed by atoms with E-state index in [1.165, 1.54) is 21.2 Å². The third kappa shape index (κ3) is 2.55. The van der Waals surface area contributed by atoms with Gasteiger partial charge in [-0.25, -0.2) is 0 Å². The lowest BCUT2D eigenvalue weighted by molar-refractivity contribution is 0.217. The van der Waals surface area contributed by atoms with Gasteiger partial charge in [-0.15, -0.1) is 11.3 Å². The third-order valence-corrected chi connectivity index (χ3v) is 4.52. The summed E-state index contributed by atoms with van der Waals surface area (Å²) in [6.07, 6.45) is -0.0730. The standard InChI is InChI=1S/C17H17NOS/c1-12-8-9-20-17(12)16(11-18)19-15-7-6-13-4-2-3-5-14(13)10-15/h2-10,16H,11,18H2,1H3. The first-order valence-corrected chi connectivity index (χ1v) is 7.55. The number of hydrogen-bond donors (Lipinski definition) is 1. The summed E-state index contributed by atoms with van der Waals surface area (Å²) in [7, 11) is 0. The molecule has 3 aromatic rings. The summed E-state index contributed by atoms with van der Waals surface area (Å²) in [5.74, 6) is 0.868. The maximum atomic E-state index is 6.08. The van der Waals surface area contributed by atoms with Gasteiger partial charge in [-0.3, -0.25) is 0 Å². The zero-order valence-corrected chi connectivity index (χ0v) is 12.2. The van der Waals surface area contributed by atoms with Crippen LogP contribution < -0.4 is 10.5 Å². The topological polar surface area (TPSA) is 35.2 Å². The first-order chi connectivity index (χ1) is 9.78. The number of fused-ring (bicyclic) bond motifs is 1. The van der Waals surface area contributed by atoms with Crippen LogP contribution in [0, 0.1) is 6.92 Å². The van der Waals surface area contributed by atoms with Crippen molar-refractivity contribution in [3.05, 3.63) is 64.4 Å². The van der Waals surface area contributed by atoms with E-state index >= 15 is 0 Å². The van der Waals surface area contributed by atoms with Gasteiger partial charge in [-0.1, -0.05) is 30.3 Å². The normalized spacial score (nSPS) is 12.5. The van der Waals surface area contributed by atoms with E-state index in [2.05, 4.69) is 42.6 Å². The van der Waals surface area contributed by atoms with E-state index in [1.54, 1.807) is 11.3 Å². The molecular formula is C17H17NOS. The minimum atomic E-state index is -0.0730. The molecule has 0 aliphatic heterocycles. The van der Waals surface area contributed by atoms with Crippen LogP contribution in [0.25, 0.3) is 10.8 Å². The molecule has 0 bridgehead atoms. The predicted molar refractivity (Wildman–Crippen MR) is 85.4 cm³/mol. The van der Waals surface area contributed by atoms with E-state index in [-0.39, 0.29) is 6.10 Å². The van der Waals surface area contributed by atoms with Crippen molar-refractivity contribution in [3.63, 3.8) is 0 Å². The lowest BCUT2D eigenvalue weighted by Crippen LogP contribution is -2.18. The largest absolute Gasteiger partial charge is 0.484 e. The summed E-state index contributed by atoms with van der Waals surface area (Å²) in [6.45, 7) is 2.58. The Balaban J connectivity index is 1.89. The predicted octanol–water partition coefficient (Wildman–Crippen LogP) is 4.29. The first kappa shape index (κ1) is 13.2. The molecule has 0 saturated carbocycles. The minimum Gasteiger partial charge on any atom is -0.484 e. The Morgan fingerprint density at radius 1 is 1.10 bits per heavy atom. The fourth-order valence-corrected chi connectivity index (χ4v) is 3.30. The average molecular weight is 283 g/mol. The van der Waals surface area contributed by atoms with Crippen molar-refractivity contribution in [2.24, 2.45) is 5.73 Å². The van der Waals surface area contributed by atoms with Crippen molar-refractivity contribution in [2.45, 2.75) is 13.0 Å².